The Morgan fingerprint density at radius 3 is 2.48 bits per heavy atom. The molecule has 0 bridgehead atoms. The van der Waals surface area contributed by atoms with Gasteiger partial charge < -0.3 is 0 Å². The van der Waals surface area contributed by atoms with Crippen LogP contribution in [0.3, 0.4) is 0 Å². The number of benzene rings is 1. The van der Waals surface area contributed by atoms with E-state index in [-0.39, 0.29) is 5.91 Å². The van der Waals surface area contributed by atoms with E-state index in [2.05, 4.69) is 10.9 Å². The molecule has 106 valence electrons. The minimum absolute atomic E-state index is 0.351. The van der Waals surface area contributed by atoms with Gasteiger partial charge in [-0.1, -0.05) is 35.9 Å². The van der Waals surface area contributed by atoms with E-state index in [9.17, 15) is 9.59 Å². The largest absolute Gasteiger partial charge is 0.281 e. The number of nitrogens with one attached hydrogen (secondary N) is 2. The zero-order valence-corrected chi connectivity index (χ0v) is 12.9. The fourth-order valence-electron chi connectivity index (χ4n) is 1.80. The van der Waals surface area contributed by atoms with Crippen LogP contribution >= 0.6 is 34.3 Å². The lowest BCUT2D eigenvalue weighted by molar-refractivity contribution is 0.0851. The number of rotatable bonds is 2. The summed E-state index contributed by atoms with van der Waals surface area (Å²) in [6, 6.07) is 10.9. The second kappa shape index (κ2) is 5.85. The third-order valence-corrected chi connectivity index (χ3v) is 5.32. The summed E-state index contributed by atoms with van der Waals surface area (Å²) in [4.78, 5) is 24.8. The average molecular weight is 337 g/mol. The summed E-state index contributed by atoms with van der Waals surface area (Å²) in [5, 5.41) is 3.02. The molecule has 1 aromatic carbocycles. The van der Waals surface area contributed by atoms with Crippen LogP contribution in [0.25, 0.3) is 10.1 Å². The average Bonchev–Trinajstić information content (AvgIpc) is 3.13. The number of fused-ring (bicyclic) bond motifs is 1. The van der Waals surface area contributed by atoms with Gasteiger partial charge in [-0.25, -0.2) is 0 Å². The molecule has 0 spiro atoms. The molecule has 0 aliphatic rings. The van der Waals surface area contributed by atoms with E-state index in [4.69, 9.17) is 11.6 Å². The van der Waals surface area contributed by atoms with Crippen molar-refractivity contribution in [2.45, 2.75) is 0 Å². The summed E-state index contributed by atoms with van der Waals surface area (Å²) in [5.41, 5.74) is 4.76. The number of carbonyl (C=O) groups is 2. The summed E-state index contributed by atoms with van der Waals surface area (Å²) in [5.74, 6) is -0.776. The predicted octanol–water partition coefficient (Wildman–Crippen LogP) is 3.69. The fraction of sp³-hybridized carbons (Fsp3) is 0. The maximum absolute atomic E-state index is 12.1. The molecule has 2 N–H and O–H groups in total. The third-order valence-electron chi connectivity index (χ3n) is 2.78. The molecule has 0 atom stereocenters. The highest BCUT2D eigenvalue weighted by Crippen LogP contribution is 2.34. The predicted molar refractivity (Wildman–Crippen MR) is 86.1 cm³/mol. The van der Waals surface area contributed by atoms with E-state index in [1.165, 1.54) is 22.7 Å². The number of thiophene rings is 2. The van der Waals surface area contributed by atoms with E-state index in [1.54, 1.807) is 17.5 Å². The van der Waals surface area contributed by atoms with Crippen LogP contribution in [0.2, 0.25) is 5.02 Å². The first-order valence-corrected chi connectivity index (χ1v) is 8.05. The Balaban J connectivity index is 1.75. The van der Waals surface area contributed by atoms with Gasteiger partial charge in [0.1, 0.15) is 4.88 Å². The molecule has 7 heteroatoms. The van der Waals surface area contributed by atoms with Crippen molar-refractivity contribution in [3.8, 4) is 0 Å². The van der Waals surface area contributed by atoms with Crippen LogP contribution in [0.15, 0.2) is 41.8 Å². The lowest BCUT2D eigenvalue weighted by Crippen LogP contribution is -2.41. The molecular formula is C14H9ClN2O2S2. The Morgan fingerprint density at radius 2 is 1.76 bits per heavy atom. The first-order valence-electron chi connectivity index (χ1n) is 5.98. The van der Waals surface area contributed by atoms with Crippen LogP contribution in [0.1, 0.15) is 19.3 Å². The number of hydrazine groups is 1. The highest BCUT2D eigenvalue weighted by Gasteiger charge is 2.17. The Bertz CT molecular complexity index is 812. The summed E-state index contributed by atoms with van der Waals surface area (Å²) in [6.45, 7) is 0. The normalized spacial score (nSPS) is 10.5. The first kappa shape index (κ1) is 14.1. The van der Waals surface area contributed by atoms with E-state index >= 15 is 0 Å². The summed E-state index contributed by atoms with van der Waals surface area (Å²) < 4.78 is 0.928. The monoisotopic (exact) mass is 336 g/mol. The molecular weight excluding hydrogens is 328 g/mol. The molecule has 3 aromatic rings. The first-order chi connectivity index (χ1) is 10.2. The quantitative estimate of drug-likeness (QED) is 0.701. The second-order valence-corrected chi connectivity index (χ2v) is 6.50. The van der Waals surface area contributed by atoms with Gasteiger partial charge >= 0.3 is 0 Å². The molecule has 2 aromatic heterocycles. The topological polar surface area (TPSA) is 58.2 Å². The van der Waals surface area contributed by atoms with Crippen molar-refractivity contribution in [3.63, 3.8) is 0 Å². The Morgan fingerprint density at radius 1 is 1.00 bits per heavy atom. The third kappa shape index (κ3) is 2.78. The Kier molecular flexibility index (Phi) is 3.92. The number of carbonyl (C=O) groups excluding carboxylic acids is 2. The van der Waals surface area contributed by atoms with Crippen molar-refractivity contribution in [2.24, 2.45) is 0 Å². The van der Waals surface area contributed by atoms with E-state index in [0.29, 0.717) is 14.8 Å². The van der Waals surface area contributed by atoms with Crippen molar-refractivity contribution < 1.29 is 9.59 Å². The van der Waals surface area contributed by atoms with Gasteiger partial charge in [-0.2, -0.15) is 0 Å². The molecule has 4 nitrogen and oxygen atoms in total. The molecule has 0 unspecified atom stereocenters. The summed E-state index contributed by atoms with van der Waals surface area (Å²) in [6.07, 6.45) is 0. The molecule has 2 heterocycles. The van der Waals surface area contributed by atoms with Gasteiger partial charge in [-0.15, -0.1) is 22.7 Å². The number of hydrogen-bond acceptors (Lipinski definition) is 4. The van der Waals surface area contributed by atoms with Crippen LogP contribution in [0.5, 0.6) is 0 Å². The maximum atomic E-state index is 12.1. The van der Waals surface area contributed by atoms with E-state index in [0.717, 1.165) is 10.1 Å². The van der Waals surface area contributed by atoms with Gasteiger partial charge in [-0.05, 0) is 17.5 Å². The molecule has 3 rings (SSSR count). The molecule has 2 amide bonds. The standard InChI is InChI=1S/C14H9ClN2O2S2/c15-11-8-4-1-2-5-9(8)21-12(11)14(19)17-16-13(18)10-6-3-7-20-10/h1-7H,(H,16,18)(H,17,19). The minimum atomic E-state index is -0.425. The Hall–Kier alpha value is -1.89. The van der Waals surface area contributed by atoms with Gasteiger partial charge in [0, 0.05) is 10.1 Å². The van der Waals surface area contributed by atoms with Crippen LogP contribution in [0, 0.1) is 0 Å². The minimum Gasteiger partial charge on any atom is -0.266 e. The number of amides is 2. The van der Waals surface area contributed by atoms with Crippen molar-refractivity contribution in [2.75, 3.05) is 0 Å². The van der Waals surface area contributed by atoms with Gasteiger partial charge in [0.15, 0.2) is 0 Å². The zero-order chi connectivity index (χ0) is 14.8. The molecule has 0 saturated heterocycles. The van der Waals surface area contributed by atoms with Gasteiger partial charge in [0.2, 0.25) is 0 Å². The molecule has 0 aliphatic carbocycles. The zero-order valence-electron chi connectivity index (χ0n) is 10.6. The van der Waals surface area contributed by atoms with Gasteiger partial charge in [0.05, 0.1) is 9.90 Å². The van der Waals surface area contributed by atoms with Gasteiger partial charge in [0.25, 0.3) is 11.8 Å². The SMILES string of the molecule is O=C(NNC(=O)c1sc2ccccc2c1Cl)c1cccs1. The molecule has 21 heavy (non-hydrogen) atoms. The van der Waals surface area contributed by atoms with E-state index < -0.39 is 5.91 Å². The van der Waals surface area contributed by atoms with Crippen LogP contribution in [-0.2, 0) is 0 Å². The highest BCUT2D eigenvalue weighted by atomic mass is 35.5. The van der Waals surface area contributed by atoms with Crippen molar-refractivity contribution in [1.82, 2.24) is 10.9 Å². The van der Waals surface area contributed by atoms with Crippen molar-refractivity contribution in [1.29, 1.82) is 0 Å². The molecule has 0 aliphatic heterocycles. The van der Waals surface area contributed by atoms with E-state index in [1.807, 2.05) is 24.3 Å². The number of halogens is 1. The van der Waals surface area contributed by atoms with Crippen LogP contribution in [0.4, 0.5) is 0 Å². The smallest absolute Gasteiger partial charge is 0.266 e. The van der Waals surface area contributed by atoms with Crippen molar-refractivity contribution in [3.05, 3.63) is 56.6 Å². The fourth-order valence-corrected chi connectivity index (χ4v) is 3.83. The van der Waals surface area contributed by atoms with Crippen LogP contribution < -0.4 is 10.9 Å². The van der Waals surface area contributed by atoms with Crippen LogP contribution in [-0.4, -0.2) is 11.8 Å². The Labute approximate surface area is 133 Å². The highest BCUT2D eigenvalue weighted by molar-refractivity contribution is 7.21. The lowest BCUT2D eigenvalue weighted by atomic mass is 10.2. The van der Waals surface area contributed by atoms with Crippen molar-refractivity contribution >= 4 is 56.2 Å². The summed E-state index contributed by atoms with van der Waals surface area (Å²) >= 11 is 8.79. The second-order valence-electron chi connectivity index (χ2n) is 4.13. The number of hydrogen-bond donors (Lipinski definition) is 2. The summed E-state index contributed by atoms with van der Waals surface area (Å²) in [7, 11) is 0. The molecule has 0 radical (unpaired) electrons. The van der Waals surface area contributed by atoms with Gasteiger partial charge in [-0.3, -0.25) is 20.4 Å². The maximum Gasteiger partial charge on any atom is 0.281 e. The lowest BCUT2D eigenvalue weighted by Gasteiger charge is -2.04. The molecule has 0 saturated carbocycles. The molecule has 0 fully saturated rings.